The number of carboxylic acids is 1. The highest BCUT2D eigenvalue weighted by Gasteiger charge is 2.54. The lowest BCUT2D eigenvalue weighted by molar-refractivity contribution is -0.175. The van der Waals surface area contributed by atoms with E-state index in [1.165, 1.54) is 0 Å². The summed E-state index contributed by atoms with van der Waals surface area (Å²) < 4.78 is 0. The van der Waals surface area contributed by atoms with Gasteiger partial charge in [-0.05, 0) is 25.7 Å². The van der Waals surface area contributed by atoms with Gasteiger partial charge in [-0.15, -0.1) is 0 Å². The molecule has 1 saturated heterocycles. The maximum absolute atomic E-state index is 11.6. The minimum absolute atomic E-state index is 0.292. The highest BCUT2D eigenvalue weighted by molar-refractivity contribution is 6.03. The van der Waals surface area contributed by atoms with Gasteiger partial charge in [0.05, 0.1) is 0 Å². The van der Waals surface area contributed by atoms with Crippen molar-refractivity contribution in [1.82, 2.24) is 4.90 Å². The SMILES string of the molecule is O=C1CCCC(=O)N1C1(C(=O)O)CCC1. The molecule has 0 bridgehead atoms. The van der Waals surface area contributed by atoms with Crippen LogP contribution < -0.4 is 0 Å². The van der Waals surface area contributed by atoms with Gasteiger partial charge in [0.2, 0.25) is 11.8 Å². The first-order chi connectivity index (χ1) is 7.08. The average Bonchev–Trinajstić information content (AvgIpc) is 2.07. The molecule has 2 fully saturated rings. The van der Waals surface area contributed by atoms with Crippen LogP contribution in [0.25, 0.3) is 0 Å². The van der Waals surface area contributed by atoms with E-state index in [0.717, 1.165) is 11.3 Å². The highest BCUT2D eigenvalue weighted by atomic mass is 16.4. The third kappa shape index (κ3) is 1.33. The molecule has 5 heteroatoms. The molecule has 0 radical (unpaired) electrons. The first kappa shape index (κ1) is 10.1. The molecular weight excluding hydrogens is 198 g/mol. The van der Waals surface area contributed by atoms with Crippen molar-refractivity contribution < 1.29 is 19.5 Å². The van der Waals surface area contributed by atoms with Crippen LogP contribution in [-0.4, -0.2) is 33.3 Å². The van der Waals surface area contributed by atoms with Crippen molar-refractivity contribution in [3.05, 3.63) is 0 Å². The van der Waals surface area contributed by atoms with Crippen molar-refractivity contribution in [2.75, 3.05) is 0 Å². The van der Waals surface area contributed by atoms with E-state index in [9.17, 15) is 14.4 Å². The largest absolute Gasteiger partial charge is 0.479 e. The predicted octanol–water partition coefficient (Wildman–Crippen LogP) is 0.533. The van der Waals surface area contributed by atoms with Crippen molar-refractivity contribution in [1.29, 1.82) is 0 Å². The zero-order chi connectivity index (χ0) is 11.1. The zero-order valence-electron chi connectivity index (χ0n) is 8.36. The van der Waals surface area contributed by atoms with Gasteiger partial charge in [-0.3, -0.25) is 14.5 Å². The van der Waals surface area contributed by atoms with Gasteiger partial charge in [0.25, 0.3) is 0 Å². The standard InChI is InChI=1S/C10H13NO4/c12-7-3-1-4-8(13)11(7)10(9(14)15)5-2-6-10/h1-6H2,(H,14,15). The Bertz CT molecular complexity index is 316. The third-order valence-electron chi connectivity index (χ3n) is 3.29. The van der Waals surface area contributed by atoms with E-state index in [-0.39, 0.29) is 11.8 Å². The van der Waals surface area contributed by atoms with Gasteiger partial charge in [0.1, 0.15) is 5.54 Å². The van der Waals surface area contributed by atoms with Crippen molar-refractivity contribution in [3.63, 3.8) is 0 Å². The normalized spacial score (nSPS) is 24.9. The minimum Gasteiger partial charge on any atom is -0.479 e. The lowest BCUT2D eigenvalue weighted by atomic mass is 9.74. The number of nitrogens with zero attached hydrogens (tertiary/aromatic N) is 1. The second kappa shape index (κ2) is 3.32. The Kier molecular flexibility index (Phi) is 2.25. The van der Waals surface area contributed by atoms with Gasteiger partial charge in [-0.1, -0.05) is 0 Å². The Morgan fingerprint density at radius 2 is 1.67 bits per heavy atom. The fourth-order valence-corrected chi connectivity index (χ4v) is 2.28. The summed E-state index contributed by atoms with van der Waals surface area (Å²) in [6.07, 6.45) is 2.70. The number of hydrogen-bond donors (Lipinski definition) is 1. The van der Waals surface area contributed by atoms with E-state index >= 15 is 0 Å². The van der Waals surface area contributed by atoms with Gasteiger partial charge in [-0.25, -0.2) is 4.79 Å². The number of likely N-dealkylation sites (tertiary alicyclic amines) is 1. The van der Waals surface area contributed by atoms with Crippen LogP contribution in [-0.2, 0) is 14.4 Å². The molecular formula is C10H13NO4. The summed E-state index contributed by atoms with van der Waals surface area (Å²) >= 11 is 0. The number of carbonyl (C=O) groups is 3. The van der Waals surface area contributed by atoms with Gasteiger partial charge in [0, 0.05) is 12.8 Å². The summed E-state index contributed by atoms with van der Waals surface area (Å²) in [5.74, 6) is -1.70. The van der Waals surface area contributed by atoms with Crippen molar-refractivity contribution in [2.45, 2.75) is 44.1 Å². The molecule has 2 amide bonds. The summed E-state index contributed by atoms with van der Waals surface area (Å²) in [6.45, 7) is 0. The highest BCUT2D eigenvalue weighted by Crippen LogP contribution is 2.40. The second-order valence-corrected chi connectivity index (χ2v) is 4.17. The number of imide groups is 1. The maximum Gasteiger partial charge on any atom is 0.330 e. The molecule has 1 N–H and O–H groups in total. The molecule has 1 saturated carbocycles. The van der Waals surface area contributed by atoms with Gasteiger partial charge in [-0.2, -0.15) is 0 Å². The van der Waals surface area contributed by atoms with Crippen LogP contribution in [0.2, 0.25) is 0 Å². The molecule has 0 aromatic rings. The lowest BCUT2D eigenvalue weighted by Crippen LogP contribution is -2.64. The Labute approximate surface area is 87.1 Å². The van der Waals surface area contributed by atoms with Crippen LogP contribution in [0.15, 0.2) is 0 Å². The molecule has 15 heavy (non-hydrogen) atoms. The summed E-state index contributed by atoms with van der Waals surface area (Å²) in [5, 5.41) is 9.13. The summed E-state index contributed by atoms with van der Waals surface area (Å²) in [5.41, 5.74) is -1.21. The topological polar surface area (TPSA) is 74.7 Å². The fourth-order valence-electron chi connectivity index (χ4n) is 2.28. The van der Waals surface area contributed by atoms with Crippen molar-refractivity contribution in [2.24, 2.45) is 0 Å². The van der Waals surface area contributed by atoms with Gasteiger partial charge in [0.15, 0.2) is 0 Å². The number of aliphatic carboxylic acids is 1. The Morgan fingerprint density at radius 3 is 2.00 bits per heavy atom. The lowest BCUT2D eigenvalue weighted by Gasteiger charge is -2.46. The van der Waals surface area contributed by atoms with Crippen LogP contribution in [0.5, 0.6) is 0 Å². The summed E-state index contributed by atoms with van der Waals surface area (Å²) in [6, 6.07) is 0. The van der Waals surface area contributed by atoms with E-state index in [2.05, 4.69) is 0 Å². The molecule has 2 aliphatic rings. The third-order valence-corrected chi connectivity index (χ3v) is 3.29. The van der Waals surface area contributed by atoms with E-state index in [1.54, 1.807) is 0 Å². The molecule has 0 aromatic carbocycles. The molecule has 1 aliphatic carbocycles. The van der Waals surface area contributed by atoms with Crippen LogP contribution >= 0.6 is 0 Å². The molecule has 0 spiro atoms. The minimum atomic E-state index is -1.21. The molecule has 5 nitrogen and oxygen atoms in total. The zero-order valence-corrected chi connectivity index (χ0v) is 8.36. The smallest absolute Gasteiger partial charge is 0.330 e. The van der Waals surface area contributed by atoms with Crippen molar-refractivity contribution >= 4 is 17.8 Å². The van der Waals surface area contributed by atoms with E-state index < -0.39 is 11.5 Å². The first-order valence-electron chi connectivity index (χ1n) is 5.17. The molecule has 0 unspecified atom stereocenters. The Hall–Kier alpha value is -1.39. The molecule has 82 valence electrons. The molecule has 1 heterocycles. The summed E-state index contributed by atoms with van der Waals surface area (Å²) in [7, 11) is 0. The summed E-state index contributed by atoms with van der Waals surface area (Å²) in [4.78, 5) is 35.3. The quantitative estimate of drug-likeness (QED) is 0.676. The number of amides is 2. The van der Waals surface area contributed by atoms with Crippen LogP contribution in [0, 0.1) is 0 Å². The average molecular weight is 211 g/mol. The van der Waals surface area contributed by atoms with E-state index in [4.69, 9.17) is 5.11 Å². The van der Waals surface area contributed by atoms with E-state index in [0.29, 0.717) is 32.1 Å². The van der Waals surface area contributed by atoms with Crippen LogP contribution in [0.3, 0.4) is 0 Å². The molecule has 0 atom stereocenters. The number of rotatable bonds is 2. The molecule has 1 aliphatic heterocycles. The predicted molar refractivity (Wildman–Crippen MR) is 49.9 cm³/mol. The number of carbonyl (C=O) groups excluding carboxylic acids is 2. The van der Waals surface area contributed by atoms with Crippen LogP contribution in [0.1, 0.15) is 38.5 Å². The monoisotopic (exact) mass is 211 g/mol. The molecule has 2 rings (SSSR count). The Morgan fingerprint density at radius 1 is 1.13 bits per heavy atom. The van der Waals surface area contributed by atoms with Gasteiger partial charge >= 0.3 is 5.97 Å². The second-order valence-electron chi connectivity index (χ2n) is 4.17. The number of piperidine rings is 1. The van der Waals surface area contributed by atoms with Crippen LogP contribution in [0.4, 0.5) is 0 Å². The van der Waals surface area contributed by atoms with E-state index in [1.807, 2.05) is 0 Å². The van der Waals surface area contributed by atoms with Gasteiger partial charge < -0.3 is 5.11 Å². The maximum atomic E-state index is 11.6. The van der Waals surface area contributed by atoms with Crippen molar-refractivity contribution in [3.8, 4) is 0 Å². The number of hydrogen-bond acceptors (Lipinski definition) is 3. The first-order valence-corrected chi connectivity index (χ1v) is 5.17. The molecule has 0 aromatic heterocycles. The number of carboxylic acid groups (broad SMARTS) is 1. The Balaban J connectivity index is 2.30. The fraction of sp³-hybridized carbons (Fsp3) is 0.700.